The number of hydrogen-bond donors (Lipinski definition) is 4. The van der Waals surface area contributed by atoms with Gasteiger partial charge in [0, 0.05) is 18.4 Å². The number of rotatable bonds is 5. The second-order valence-electron chi connectivity index (χ2n) is 3.98. The quantitative estimate of drug-likeness (QED) is 0.262. The number of aliphatic imine (C=N–C) groups is 1. The number of aromatic amines is 1. The van der Waals surface area contributed by atoms with Gasteiger partial charge in [-0.25, -0.2) is 0 Å². The summed E-state index contributed by atoms with van der Waals surface area (Å²) in [6.45, 7) is 0.792. The van der Waals surface area contributed by atoms with Crippen molar-refractivity contribution in [3.05, 3.63) is 48.3 Å². The number of nitrogens with zero attached hydrogens (tertiary/aromatic N) is 2. The number of para-hydroxylation sites is 1. The highest BCUT2D eigenvalue weighted by Crippen LogP contribution is 2.03. The highest BCUT2D eigenvalue weighted by molar-refractivity contribution is 14.0. The summed E-state index contributed by atoms with van der Waals surface area (Å²) in [6.07, 6.45) is 1.52. The van der Waals surface area contributed by atoms with Gasteiger partial charge in [0.1, 0.15) is 5.69 Å². The molecule has 21 heavy (non-hydrogen) atoms. The van der Waals surface area contributed by atoms with E-state index in [0.717, 1.165) is 5.69 Å². The molecule has 0 aliphatic heterocycles. The fourth-order valence-corrected chi connectivity index (χ4v) is 1.53. The number of H-pyrrole nitrogens is 1. The van der Waals surface area contributed by atoms with Gasteiger partial charge in [-0.2, -0.15) is 5.10 Å². The van der Waals surface area contributed by atoms with Gasteiger partial charge in [0.05, 0.1) is 6.54 Å². The number of carbonyl (C=O) groups is 1. The Balaban J connectivity index is 0.00000220. The molecule has 2 aromatic rings. The maximum Gasteiger partial charge on any atom is 0.269 e. The lowest BCUT2D eigenvalue weighted by Gasteiger charge is -2.05. The minimum atomic E-state index is -0.215. The SMILES string of the molecule is I.NC(=NCCNC(=O)c1ccn[nH]1)Nc1ccccc1. The zero-order valence-corrected chi connectivity index (χ0v) is 13.6. The molecule has 7 nitrogen and oxygen atoms in total. The van der Waals surface area contributed by atoms with Crippen LogP contribution < -0.4 is 16.4 Å². The van der Waals surface area contributed by atoms with Crippen molar-refractivity contribution in [1.82, 2.24) is 15.5 Å². The van der Waals surface area contributed by atoms with Crippen molar-refractivity contribution in [2.24, 2.45) is 10.7 Å². The number of benzene rings is 1. The molecule has 1 amide bonds. The summed E-state index contributed by atoms with van der Waals surface area (Å²) in [5.41, 5.74) is 7.02. The van der Waals surface area contributed by atoms with Crippen LogP contribution in [0.1, 0.15) is 10.5 Å². The van der Waals surface area contributed by atoms with E-state index in [9.17, 15) is 4.79 Å². The number of nitrogens with two attached hydrogens (primary N) is 1. The highest BCUT2D eigenvalue weighted by Gasteiger charge is 2.04. The molecule has 1 aromatic heterocycles. The third kappa shape index (κ3) is 5.81. The van der Waals surface area contributed by atoms with Gasteiger partial charge in [-0.3, -0.25) is 14.9 Å². The molecule has 0 atom stereocenters. The van der Waals surface area contributed by atoms with Crippen LogP contribution in [-0.4, -0.2) is 35.2 Å². The molecule has 0 radical (unpaired) electrons. The molecule has 0 fully saturated rings. The first-order valence-electron chi connectivity index (χ1n) is 6.15. The molecule has 0 spiro atoms. The third-order valence-corrected chi connectivity index (χ3v) is 2.47. The number of amides is 1. The highest BCUT2D eigenvalue weighted by atomic mass is 127. The minimum Gasteiger partial charge on any atom is -0.370 e. The third-order valence-electron chi connectivity index (χ3n) is 2.47. The lowest BCUT2D eigenvalue weighted by atomic mass is 10.3. The number of carbonyl (C=O) groups excluding carboxylic acids is 1. The van der Waals surface area contributed by atoms with Crippen molar-refractivity contribution in [3.63, 3.8) is 0 Å². The first kappa shape index (κ1) is 17.0. The molecule has 0 saturated heterocycles. The topological polar surface area (TPSA) is 108 Å². The molecule has 5 N–H and O–H groups in total. The number of halogens is 1. The van der Waals surface area contributed by atoms with Crippen LogP contribution in [0.5, 0.6) is 0 Å². The monoisotopic (exact) mass is 400 g/mol. The summed E-state index contributed by atoms with van der Waals surface area (Å²) in [6, 6.07) is 11.1. The van der Waals surface area contributed by atoms with Gasteiger partial charge in [-0.05, 0) is 18.2 Å². The van der Waals surface area contributed by atoms with Gasteiger partial charge >= 0.3 is 0 Å². The van der Waals surface area contributed by atoms with E-state index in [4.69, 9.17) is 5.73 Å². The van der Waals surface area contributed by atoms with E-state index < -0.39 is 0 Å². The first-order chi connectivity index (χ1) is 9.75. The Morgan fingerprint density at radius 2 is 2.05 bits per heavy atom. The fraction of sp³-hybridized carbons (Fsp3) is 0.154. The molecule has 8 heteroatoms. The Bertz CT molecular complexity index is 570. The Morgan fingerprint density at radius 3 is 2.71 bits per heavy atom. The van der Waals surface area contributed by atoms with Crippen molar-refractivity contribution in [1.29, 1.82) is 0 Å². The molecule has 0 saturated carbocycles. The largest absolute Gasteiger partial charge is 0.370 e. The molecule has 0 unspecified atom stereocenters. The summed E-state index contributed by atoms with van der Waals surface area (Å²) in [5, 5.41) is 11.9. The molecule has 112 valence electrons. The van der Waals surface area contributed by atoms with Crippen LogP contribution in [-0.2, 0) is 0 Å². The average Bonchev–Trinajstić information content (AvgIpc) is 2.99. The number of anilines is 1. The van der Waals surface area contributed by atoms with Crippen molar-refractivity contribution in [2.75, 3.05) is 18.4 Å². The summed E-state index contributed by atoms with van der Waals surface area (Å²) >= 11 is 0. The van der Waals surface area contributed by atoms with E-state index in [2.05, 4.69) is 25.8 Å². The summed E-state index contributed by atoms with van der Waals surface area (Å²) < 4.78 is 0. The molecule has 2 rings (SSSR count). The first-order valence-corrected chi connectivity index (χ1v) is 6.15. The van der Waals surface area contributed by atoms with Gasteiger partial charge in [0.25, 0.3) is 5.91 Å². The Labute approximate surface area is 139 Å². The summed E-state index contributed by atoms with van der Waals surface area (Å²) in [4.78, 5) is 15.7. The average molecular weight is 400 g/mol. The van der Waals surface area contributed by atoms with Crippen LogP contribution >= 0.6 is 24.0 Å². The lowest BCUT2D eigenvalue weighted by molar-refractivity contribution is 0.0950. The van der Waals surface area contributed by atoms with Crippen LogP contribution in [0.4, 0.5) is 5.69 Å². The van der Waals surface area contributed by atoms with E-state index in [0.29, 0.717) is 24.7 Å². The van der Waals surface area contributed by atoms with Crippen molar-refractivity contribution < 1.29 is 4.79 Å². The van der Waals surface area contributed by atoms with Crippen molar-refractivity contribution in [3.8, 4) is 0 Å². The Hall–Kier alpha value is -2.10. The van der Waals surface area contributed by atoms with Gasteiger partial charge in [0.2, 0.25) is 0 Å². The van der Waals surface area contributed by atoms with E-state index in [-0.39, 0.29) is 29.9 Å². The molecule has 0 aliphatic rings. The molecule has 1 aromatic carbocycles. The lowest BCUT2D eigenvalue weighted by Crippen LogP contribution is -2.28. The minimum absolute atomic E-state index is 0. The Kier molecular flexibility index (Phi) is 7.23. The summed E-state index contributed by atoms with van der Waals surface area (Å²) in [5.74, 6) is 0.0966. The van der Waals surface area contributed by atoms with Crippen LogP contribution in [0.15, 0.2) is 47.6 Å². The molecule has 0 bridgehead atoms. The van der Waals surface area contributed by atoms with Crippen molar-refractivity contribution >= 4 is 41.5 Å². The molecule has 0 aliphatic carbocycles. The van der Waals surface area contributed by atoms with Crippen LogP contribution in [0.25, 0.3) is 0 Å². The molecule has 1 heterocycles. The predicted molar refractivity (Wildman–Crippen MR) is 92.9 cm³/mol. The zero-order valence-electron chi connectivity index (χ0n) is 11.2. The Morgan fingerprint density at radius 1 is 1.29 bits per heavy atom. The van der Waals surface area contributed by atoms with Gasteiger partial charge in [-0.1, -0.05) is 18.2 Å². The molecular weight excluding hydrogens is 383 g/mol. The molecular formula is C13H17IN6O. The van der Waals surface area contributed by atoms with E-state index in [1.54, 1.807) is 6.07 Å². The number of nitrogens with one attached hydrogen (secondary N) is 3. The summed E-state index contributed by atoms with van der Waals surface area (Å²) in [7, 11) is 0. The van der Waals surface area contributed by atoms with Gasteiger partial charge in [-0.15, -0.1) is 24.0 Å². The van der Waals surface area contributed by atoms with E-state index in [1.807, 2.05) is 30.3 Å². The standard InChI is InChI=1S/C13H16N6O.HI/c14-13(18-10-4-2-1-3-5-10)16-9-8-15-12(20)11-6-7-17-19-11;/h1-7H,8-9H2,(H,15,20)(H,17,19)(H3,14,16,18);1H. The van der Waals surface area contributed by atoms with E-state index >= 15 is 0 Å². The smallest absolute Gasteiger partial charge is 0.269 e. The van der Waals surface area contributed by atoms with Crippen molar-refractivity contribution in [2.45, 2.75) is 0 Å². The number of aromatic nitrogens is 2. The maximum atomic E-state index is 11.6. The predicted octanol–water partition coefficient (Wildman–Crippen LogP) is 1.18. The van der Waals surface area contributed by atoms with Crippen LogP contribution in [0.3, 0.4) is 0 Å². The maximum absolute atomic E-state index is 11.6. The van der Waals surface area contributed by atoms with Crippen LogP contribution in [0, 0.1) is 0 Å². The fourth-order valence-electron chi connectivity index (χ4n) is 1.53. The van der Waals surface area contributed by atoms with Crippen LogP contribution in [0.2, 0.25) is 0 Å². The number of guanidine groups is 1. The second kappa shape index (κ2) is 8.95. The number of hydrogen-bond acceptors (Lipinski definition) is 3. The van der Waals surface area contributed by atoms with Gasteiger partial charge < -0.3 is 16.4 Å². The second-order valence-corrected chi connectivity index (χ2v) is 3.98. The van der Waals surface area contributed by atoms with Gasteiger partial charge in [0.15, 0.2) is 5.96 Å². The van der Waals surface area contributed by atoms with E-state index in [1.165, 1.54) is 6.20 Å². The zero-order chi connectivity index (χ0) is 14.2. The normalized spacial score (nSPS) is 10.6.